The molecule has 1 aliphatic heterocycles. The van der Waals surface area contributed by atoms with Crippen LogP contribution in [-0.2, 0) is 16.0 Å². The zero-order valence-corrected chi connectivity index (χ0v) is 10.3. The van der Waals surface area contributed by atoms with Crippen molar-refractivity contribution in [1.29, 1.82) is 0 Å². The maximum atomic E-state index is 12.1. The Kier molecular flexibility index (Phi) is 3.06. The number of aryl methyl sites for hydroxylation is 1. The summed E-state index contributed by atoms with van der Waals surface area (Å²) in [5.74, 6) is -0.0274. The number of carbonyl (C=O) groups excluding carboxylic acids is 1. The van der Waals surface area contributed by atoms with Gasteiger partial charge in [0.15, 0.2) is 0 Å². The van der Waals surface area contributed by atoms with Crippen molar-refractivity contribution >= 4 is 11.6 Å². The number of fused-ring (bicyclic) bond motifs is 1. The van der Waals surface area contributed by atoms with Crippen LogP contribution in [0, 0.1) is 0 Å². The van der Waals surface area contributed by atoms with Gasteiger partial charge in [0.1, 0.15) is 6.10 Å². The number of hydrogen-bond donors (Lipinski definition) is 2. The Morgan fingerprint density at radius 2 is 2.06 bits per heavy atom. The van der Waals surface area contributed by atoms with Crippen molar-refractivity contribution in [3.8, 4) is 0 Å². The Morgan fingerprint density at radius 1 is 1.28 bits per heavy atom. The molecule has 1 aromatic rings. The van der Waals surface area contributed by atoms with Gasteiger partial charge in [-0.2, -0.15) is 0 Å². The second-order valence-electron chi connectivity index (χ2n) is 5.16. The molecule has 96 valence electrons. The van der Waals surface area contributed by atoms with Gasteiger partial charge < -0.3 is 15.8 Å². The molecule has 1 fully saturated rings. The lowest BCUT2D eigenvalue weighted by molar-refractivity contribution is -0.136. The van der Waals surface area contributed by atoms with Crippen molar-refractivity contribution in [1.82, 2.24) is 0 Å². The summed E-state index contributed by atoms with van der Waals surface area (Å²) >= 11 is 0. The summed E-state index contributed by atoms with van der Waals surface area (Å²) in [7, 11) is 0. The molecule has 1 atom stereocenters. The molecular weight excluding hydrogens is 228 g/mol. The van der Waals surface area contributed by atoms with Gasteiger partial charge in [0, 0.05) is 11.7 Å². The summed E-state index contributed by atoms with van der Waals surface area (Å²) in [6.07, 6.45) is 3.19. The lowest BCUT2D eigenvalue weighted by Gasteiger charge is -2.34. The summed E-state index contributed by atoms with van der Waals surface area (Å²) < 4.78 is 5.83. The van der Waals surface area contributed by atoms with E-state index in [2.05, 4.69) is 11.4 Å². The van der Waals surface area contributed by atoms with Crippen LogP contribution in [0.1, 0.15) is 24.8 Å². The molecule has 18 heavy (non-hydrogen) atoms. The zero-order valence-electron chi connectivity index (χ0n) is 10.3. The molecule has 0 bridgehead atoms. The summed E-state index contributed by atoms with van der Waals surface area (Å²) in [5.41, 5.74) is 7.83. The van der Waals surface area contributed by atoms with E-state index in [4.69, 9.17) is 10.5 Å². The lowest BCUT2D eigenvalue weighted by Crippen LogP contribution is -2.45. The average molecular weight is 246 g/mol. The highest BCUT2D eigenvalue weighted by molar-refractivity contribution is 5.95. The Bertz CT molecular complexity index is 455. The highest BCUT2D eigenvalue weighted by atomic mass is 16.5. The first-order valence-corrected chi connectivity index (χ1v) is 6.52. The van der Waals surface area contributed by atoms with Crippen LogP contribution in [0.4, 0.5) is 5.69 Å². The molecule has 1 aliphatic carbocycles. The van der Waals surface area contributed by atoms with Crippen LogP contribution in [0.5, 0.6) is 0 Å². The number of rotatable bonds is 2. The van der Waals surface area contributed by atoms with E-state index >= 15 is 0 Å². The van der Waals surface area contributed by atoms with E-state index in [1.54, 1.807) is 0 Å². The third kappa shape index (κ3) is 2.26. The van der Waals surface area contributed by atoms with Crippen LogP contribution < -0.4 is 11.1 Å². The molecule has 0 radical (unpaired) electrons. The average Bonchev–Trinajstić information content (AvgIpc) is 2.47. The quantitative estimate of drug-likeness (QED) is 0.830. The molecule has 1 saturated carbocycles. The summed E-state index contributed by atoms with van der Waals surface area (Å²) in [6, 6.07) is 8.18. The van der Waals surface area contributed by atoms with Gasteiger partial charge in [-0.3, -0.25) is 4.79 Å². The number of amides is 1. The van der Waals surface area contributed by atoms with Gasteiger partial charge in [0.05, 0.1) is 6.10 Å². The Hall–Kier alpha value is -1.39. The molecule has 3 N–H and O–H groups in total. The monoisotopic (exact) mass is 246 g/mol. The highest BCUT2D eigenvalue weighted by Gasteiger charge is 2.32. The molecule has 4 nitrogen and oxygen atoms in total. The molecular formula is C14H18N2O2. The van der Waals surface area contributed by atoms with Gasteiger partial charge in [-0.1, -0.05) is 18.2 Å². The first kappa shape index (κ1) is 11.7. The zero-order chi connectivity index (χ0) is 12.5. The van der Waals surface area contributed by atoms with Crippen molar-refractivity contribution < 1.29 is 9.53 Å². The summed E-state index contributed by atoms with van der Waals surface area (Å²) in [4.78, 5) is 12.1. The lowest BCUT2D eigenvalue weighted by atomic mass is 9.90. The number of hydrogen-bond acceptors (Lipinski definition) is 3. The number of nitrogens with one attached hydrogen (secondary N) is 1. The second-order valence-corrected chi connectivity index (χ2v) is 5.16. The third-order valence-corrected chi connectivity index (χ3v) is 3.73. The Morgan fingerprint density at radius 3 is 2.83 bits per heavy atom. The fraction of sp³-hybridized carbons (Fsp3) is 0.500. The number of nitrogens with two attached hydrogens (primary N) is 1. The van der Waals surface area contributed by atoms with Gasteiger partial charge in [-0.05, 0) is 37.3 Å². The van der Waals surface area contributed by atoms with E-state index in [0.29, 0.717) is 0 Å². The standard InChI is InChI=1S/C14H18N2O2/c15-10-7-11(8-10)18-13-6-5-9-3-1-2-4-12(9)16-14(13)17/h1-4,10-11,13H,5-8,15H2,(H,16,17). The first-order valence-electron chi connectivity index (χ1n) is 6.52. The van der Waals surface area contributed by atoms with E-state index in [9.17, 15) is 4.79 Å². The number of ether oxygens (including phenoxy) is 1. The number of para-hydroxylation sites is 1. The van der Waals surface area contributed by atoms with Crippen molar-refractivity contribution in [2.24, 2.45) is 5.73 Å². The fourth-order valence-electron chi connectivity index (χ4n) is 2.57. The largest absolute Gasteiger partial charge is 0.365 e. The number of benzene rings is 1. The molecule has 0 saturated heterocycles. The molecule has 0 spiro atoms. The van der Waals surface area contributed by atoms with Gasteiger partial charge in [0.25, 0.3) is 5.91 Å². The molecule has 2 aliphatic rings. The molecule has 1 heterocycles. The number of carbonyl (C=O) groups is 1. The highest BCUT2D eigenvalue weighted by Crippen LogP contribution is 2.27. The van der Waals surface area contributed by atoms with E-state index in [-0.39, 0.29) is 24.2 Å². The van der Waals surface area contributed by atoms with Crippen LogP contribution in [0.25, 0.3) is 0 Å². The molecule has 1 aromatic carbocycles. The maximum Gasteiger partial charge on any atom is 0.253 e. The minimum Gasteiger partial charge on any atom is -0.365 e. The van der Waals surface area contributed by atoms with Gasteiger partial charge in [-0.25, -0.2) is 0 Å². The van der Waals surface area contributed by atoms with Crippen molar-refractivity contribution in [2.45, 2.75) is 43.9 Å². The Balaban J connectivity index is 1.67. The second kappa shape index (κ2) is 4.71. The predicted molar refractivity (Wildman–Crippen MR) is 69.3 cm³/mol. The van der Waals surface area contributed by atoms with Crippen molar-refractivity contribution in [3.63, 3.8) is 0 Å². The van der Waals surface area contributed by atoms with Crippen LogP contribution in [0.2, 0.25) is 0 Å². The fourth-order valence-corrected chi connectivity index (χ4v) is 2.57. The van der Waals surface area contributed by atoms with Gasteiger partial charge in [0.2, 0.25) is 0 Å². The third-order valence-electron chi connectivity index (χ3n) is 3.73. The molecule has 0 aromatic heterocycles. The van der Waals surface area contributed by atoms with Gasteiger partial charge >= 0.3 is 0 Å². The van der Waals surface area contributed by atoms with E-state index in [1.807, 2.05) is 18.2 Å². The normalized spacial score (nSPS) is 30.9. The van der Waals surface area contributed by atoms with Crippen LogP contribution >= 0.6 is 0 Å². The first-order chi connectivity index (χ1) is 8.72. The molecule has 3 rings (SSSR count). The minimum absolute atomic E-state index is 0.0274. The predicted octanol–water partition coefficient (Wildman–Crippen LogP) is 1.45. The van der Waals surface area contributed by atoms with Crippen molar-refractivity contribution in [3.05, 3.63) is 29.8 Å². The summed E-state index contributed by atoms with van der Waals surface area (Å²) in [6.45, 7) is 0. The van der Waals surface area contributed by atoms with E-state index in [0.717, 1.165) is 31.4 Å². The van der Waals surface area contributed by atoms with Crippen LogP contribution in [0.15, 0.2) is 24.3 Å². The summed E-state index contributed by atoms with van der Waals surface area (Å²) in [5, 5.41) is 2.94. The van der Waals surface area contributed by atoms with Gasteiger partial charge in [-0.15, -0.1) is 0 Å². The topological polar surface area (TPSA) is 64.3 Å². The van der Waals surface area contributed by atoms with E-state index < -0.39 is 0 Å². The molecule has 4 heteroatoms. The van der Waals surface area contributed by atoms with Crippen LogP contribution in [0.3, 0.4) is 0 Å². The van der Waals surface area contributed by atoms with Crippen LogP contribution in [-0.4, -0.2) is 24.2 Å². The maximum absolute atomic E-state index is 12.1. The molecule has 1 amide bonds. The minimum atomic E-state index is -0.338. The SMILES string of the molecule is NC1CC(OC2CCc3ccccc3NC2=O)C1. The van der Waals surface area contributed by atoms with Crippen molar-refractivity contribution in [2.75, 3.05) is 5.32 Å². The molecule has 1 unspecified atom stereocenters. The Labute approximate surface area is 107 Å². The van der Waals surface area contributed by atoms with E-state index in [1.165, 1.54) is 5.56 Å². The smallest absolute Gasteiger partial charge is 0.253 e. The number of anilines is 1.